The third-order valence-corrected chi connectivity index (χ3v) is 4.74. The second-order valence-corrected chi connectivity index (χ2v) is 6.66. The standard InChI is InChI=1S/C14H24N2O3S/c1-11-9-13(15)12(2)14(10-11)20(17,18)16-7-5-4-6-8-19-3/h9-10,16H,4-8,15H2,1-3H3. The molecule has 0 heterocycles. The van der Waals surface area contributed by atoms with E-state index in [2.05, 4.69) is 4.72 Å². The van der Waals surface area contributed by atoms with Gasteiger partial charge in [0.1, 0.15) is 0 Å². The van der Waals surface area contributed by atoms with E-state index in [0.717, 1.165) is 24.8 Å². The molecule has 0 aliphatic heterocycles. The Morgan fingerprint density at radius 3 is 2.55 bits per heavy atom. The highest BCUT2D eigenvalue weighted by molar-refractivity contribution is 7.89. The van der Waals surface area contributed by atoms with Gasteiger partial charge in [-0.3, -0.25) is 0 Å². The molecule has 0 aromatic heterocycles. The summed E-state index contributed by atoms with van der Waals surface area (Å²) >= 11 is 0. The van der Waals surface area contributed by atoms with Gasteiger partial charge in [0.05, 0.1) is 4.90 Å². The first-order valence-corrected chi connectivity index (χ1v) is 8.22. The molecule has 3 N–H and O–H groups in total. The molecule has 0 spiro atoms. The van der Waals surface area contributed by atoms with Crippen molar-refractivity contribution in [3.05, 3.63) is 23.3 Å². The van der Waals surface area contributed by atoms with Crippen molar-refractivity contribution in [1.29, 1.82) is 0 Å². The Morgan fingerprint density at radius 1 is 1.20 bits per heavy atom. The molecule has 114 valence electrons. The van der Waals surface area contributed by atoms with Gasteiger partial charge < -0.3 is 10.5 Å². The van der Waals surface area contributed by atoms with Gasteiger partial charge in [0.2, 0.25) is 10.0 Å². The summed E-state index contributed by atoms with van der Waals surface area (Å²) in [5, 5.41) is 0. The van der Waals surface area contributed by atoms with Crippen molar-refractivity contribution in [3.63, 3.8) is 0 Å². The van der Waals surface area contributed by atoms with Crippen LogP contribution in [0, 0.1) is 13.8 Å². The molecule has 1 aromatic carbocycles. The SMILES string of the molecule is COCCCCCNS(=O)(=O)c1cc(C)cc(N)c1C. The molecule has 0 unspecified atom stereocenters. The van der Waals surface area contributed by atoms with Gasteiger partial charge in [-0.2, -0.15) is 0 Å². The molecule has 20 heavy (non-hydrogen) atoms. The van der Waals surface area contributed by atoms with Crippen LogP contribution in [0.3, 0.4) is 0 Å². The second kappa shape index (κ2) is 7.61. The summed E-state index contributed by atoms with van der Waals surface area (Å²) in [6.45, 7) is 4.70. The number of hydrogen-bond donors (Lipinski definition) is 2. The first-order valence-electron chi connectivity index (χ1n) is 6.74. The predicted molar refractivity (Wildman–Crippen MR) is 81.2 cm³/mol. The van der Waals surface area contributed by atoms with Crippen molar-refractivity contribution in [3.8, 4) is 0 Å². The Hall–Kier alpha value is -1.11. The van der Waals surface area contributed by atoms with Gasteiger partial charge in [-0.15, -0.1) is 0 Å². The maximum absolute atomic E-state index is 12.3. The van der Waals surface area contributed by atoms with E-state index < -0.39 is 10.0 Å². The molecule has 0 saturated heterocycles. The van der Waals surface area contributed by atoms with Crippen molar-refractivity contribution in [2.24, 2.45) is 0 Å². The Morgan fingerprint density at radius 2 is 1.90 bits per heavy atom. The number of hydrogen-bond acceptors (Lipinski definition) is 4. The smallest absolute Gasteiger partial charge is 0.240 e. The molecule has 0 amide bonds. The lowest BCUT2D eigenvalue weighted by Crippen LogP contribution is -2.26. The molecular formula is C14H24N2O3S. The van der Waals surface area contributed by atoms with Gasteiger partial charge in [-0.05, 0) is 56.4 Å². The molecule has 0 atom stereocenters. The molecule has 6 heteroatoms. The molecule has 1 aromatic rings. The fourth-order valence-electron chi connectivity index (χ4n) is 1.96. The average Bonchev–Trinajstić information content (AvgIpc) is 2.37. The third-order valence-electron chi connectivity index (χ3n) is 3.15. The first kappa shape index (κ1) is 16.9. The van der Waals surface area contributed by atoms with Crippen LogP contribution in [-0.2, 0) is 14.8 Å². The summed E-state index contributed by atoms with van der Waals surface area (Å²) in [6, 6.07) is 3.43. The highest BCUT2D eigenvalue weighted by Gasteiger charge is 2.18. The highest BCUT2D eigenvalue weighted by atomic mass is 32.2. The number of ether oxygens (including phenoxy) is 1. The van der Waals surface area contributed by atoms with Crippen molar-refractivity contribution in [2.75, 3.05) is 26.0 Å². The molecule has 1 rings (SSSR count). The van der Waals surface area contributed by atoms with Gasteiger partial charge in [-0.25, -0.2) is 13.1 Å². The van der Waals surface area contributed by atoms with Crippen LogP contribution in [0.1, 0.15) is 30.4 Å². The van der Waals surface area contributed by atoms with Crippen LogP contribution in [0.5, 0.6) is 0 Å². The van der Waals surface area contributed by atoms with Crippen molar-refractivity contribution in [2.45, 2.75) is 38.0 Å². The molecule has 0 saturated carbocycles. The molecular weight excluding hydrogens is 276 g/mol. The zero-order valence-corrected chi connectivity index (χ0v) is 13.2. The number of anilines is 1. The second-order valence-electron chi connectivity index (χ2n) is 4.93. The molecule has 5 nitrogen and oxygen atoms in total. The fraction of sp³-hybridized carbons (Fsp3) is 0.571. The van der Waals surface area contributed by atoms with Crippen LogP contribution < -0.4 is 10.5 Å². The number of rotatable bonds is 8. The number of sulfonamides is 1. The topological polar surface area (TPSA) is 81.4 Å². The lowest BCUT2D eigenvalue weighted by molar-refractivity contribution is 0.192. The summed E-state index contributed by atoms with van der Waals surface area (Å²) in [5.74, 6) is 0. The van der Waals surface area contributed by atoms with Crippen LogP contribution in [0.25, 0.3) is 0 Å². The van der Waals surface area contributed by atoms with Crippen molar-refractivity contribution in [1.82, 2.24) is 4.72 Å². The number of methoxy groups -OCH3 is 1. The number of aryl methyl sites for hydroxylation is 1. The number of nitrogens with one attached hydrogen (secondary N) is 1. The van der Waals surface area contributed by atoms with Gasteiger partial charge in [0.25, 0.3) is 0 Å². The molecule has 0 radical (unpaired) electrons. The fourth-order valence-corrected chi connectivity index (χ4v) is 3.39. The Balaban J connectivity index is 2.65. The third kappa shape index (κ3) is 4.77. The van der Waals surface area contributed by atoms with Crippen LogP contribution in [0.2, 0.25) is 0 Å². The zero-order chi connectivity index (χ0) is 15.2. The lowest BCUT2D eigenvalue weighted by atomic mass is 10.1. The normalized spacial score (nSPS) is 11.8. The zero-order valence-electron chi connectivity index (χ0n) is 12.4. The van der Waals surface area contributed by atoms with E-state index >= 15 is 0 Å². The van der Waals surface area contributed by atoms with Crippen LogP contribution in [-0.4, -0.2) is 28.7 Å². The first-order chi connectivity index (χ1) is 9.38. The van der Waals surface area contributed by atoms with E-state index in [1.807, 2.05) is 6.92 Å². The maximum Gasteiger partial charge on any atom is 0.240 e. The summed E-state index contributed by atoms with van der Waals surface area (Å²) in [7, 11) is -1.83. The lowest BCUT2D eigenvalue weighted by Gasteiger charge is -2.12. The average molecular weight is 300 g/mol. The summed E-state index contributed by atoms with van der Waals surface area (Å²) < 4.78 is 32.1. The van der Waals surface area contributed by atoms with E-state index in [9.17, 15) is 8.42 Å². The van der Waals surface area contributed by atoms with E-state index in [-0.39, 0.29) is 4.90 Å². The van der Waals surface area contributed by atoms with Gasteiger partial charge in [0, 0.05) is 25.9 Å². The predicted octanol–water partition coefficient (Wildman–Crippen LogP) is 1.98. The van der Waals surface area contributed by atoms with E-state index in [0.29, 0.717) is 24.4 Å². The number of nitrogen functional groups attached to an aromatic ring is 1. The largest absolute Gasteiger partial charge is 0.398 e. The quantitative estimate of drug-likeness (QED) is 0.568. The number of benzene rings is 1. The van der Waals surface area contributed by atoms with Crippen molar-refractivity contribution >= 4 is 15.7 Å². The summed E-state index contributed by atoms with van der Waals surface area (Å²) in [5.41, 5.74) is 7.77. The number of nitrogens with two attached hydrogens (primary N) is 1. The minimum absolute atomic E-state index is 0.270. The summed E-state index contributed by atoms with van der Waals surface area (Å²) in [6.07, 6.45) is 2.67. The van der Waals surface area contributed by atoms with E-state index in [4.69, 9.17) is 10.5 Å². The van der Waals surface area contributed by atoms with Gasteiger partial charge >= 0.3 is 0 Å². The number of unbranched alkanes of at least 4 members (excludes halogenated alkanes) is 2. The summed E-state index contributed by atoms with van der Waals surface area (Å²) in [4.78, 5) is 0.270. The van der Waals surface area contributed by atoms with Gasteiger partial charge in [-0.1, -0.05) is 0 Å². The van der Waals surface area contributed by atoms with Crippen LogP contribution >= 0.6 is 0 Å². The monoisotopic (exact) mass is 300 g/mol. The molecule has 0 aliphatic rings. The molecule has 0 aliphatic carbocycles. The van der Waals surface area contributed by atoms with Crippen LogP contribution in [0.4, 0.5) is 5.69 Å². The van der Waals surface area contributed by atoms with Gasteiger partial charge in [0.15, 0.2) is 0 Å². The minimum atomic E-state index is -3.49. The van der Waals surface area contributed by atoms with E-state index in [1.165, 1.54) is 0 Å². The minimum Gasteiger partial charge on any atom is -0.398 e. The Labute approximate surface area is 121 Å². The molecule has 0 fully saturated rings. The maximum atomic E-state index is 12.3. The van der Waals surface area contributed by atoms with Crippen LogP contribution in [0.15, 0.2) is 17.0 Å². The highest BCUT2D eigenvalue weighted by Crippen LogP contribution is 2.22. The van der Waals surface area contributed by atoms with Crippen molar-refractivity contribution < 1.29 is 13.2 Å². The Bertz CT molecular complexity index is 542. The van der Waals surface area contributed by atoms with E-state index in [1.54, 1.807) is 26.2 Å². The molecule has 0 bridgehead atoms. The Kier molecular flexibility index (Phi) is 6.45.